The Kier molecular flexibility index (Phi) is 4.80. The molecule has 2 aromatic rings. The Morgan fingerprint density at radius 2 is 2.08 bits per heavy atom. The summed E-state index contributed by atoms with van der Waals surface area (Å²) in [7, 11) is 1.59. The van der Waals surface area contributed by atoms with E-state index in [1.165, 1.54) is 12.1 Å². The van der Waals surface area contributed by atoms with Gasteiger partial charge in [-0.25, -0.2) is 4.39 Å². The average Bonchev–Trinajstić information content (AvgIpc) is 3.07. The minimum atomic E-state index is -0.787. The molecule has 1 aliphatic rings. The zero-order valence-corrected chi connectivity index (χ0v) is 14.3. The van der Waals surface area contributed by atoms with Crippen molar-refractivity contribution in [2.45, 2.75) is 12.5 Å². The lowest BCUT2D eigenvalue weighted by molar-refractivity contribution is -0.125. The van der Waals surface area contributed by atoms with Gasteiger partial charge in [0.2, 0.25) is 6.10 Å². The monoisotopic (exact) mass is 392 g/mol. The van der Waals surface area contributed by atoms with E-state index in [1.807, 2.05) is 24.3 Å². The van der Waals surface area contributed by atoms with Crippen molar-refractivity contribution in [2.24, 2.45) is 5.16 Å². The number of hydrogen-bond donors (Lipinski definition) is 1. The van der Waals surface area contributed by atoms with E-state index in [4.69, 9.17) is 9.57 Å². The summed E-state index contributed by atoms with van der Waals surface area (Å²) < 4.78 is 19.5. The van der Waals surface area contributed by atoms with Crippen molar-refractivity contribution in [2.75, 3.05) is 12.4 Å². The highest BCUT2D eigenvalue weighted by molar-refractivity contribution is 9.10. The van der Waals surface area contributed by atoms with Crippen LogP contribution in [0.4, 0.5) is 10.1 Å². The van der Waals surface area contributed by atoms with Crippen LogP contribution in [0.3, 0.4) is 0 Å². The molecule has 124 valence electrons. The molecule has 1 unspecified atom stereocenters. The number of oxime groups is 1. The normalized spacial score (nSPS) is 16.3. The SMILES string of the molecule is COc1ccc(C2=NOC(C(=O)Nc3ccc(Br)cc3F)C2)cc1. The second-order valence-electron chi connectivity index (χ2n) is 5.18. The van der Waals surface area contributed by atoms with Gasteiger partial charge < -0.3 is 14.9 Å². The van der Waals surface area contributed by atoms with Crippen LogP contribution >= 0.6 is 15.9 Å². The zero-order valence-electron chi connectivity index (χ0n) is 12.8. The Morgan fingerprint density at radius 3 is 2.75 bits per heavy atom. The van der Waals surface area contributed by atoms with Crippen molar-refractivity contribution in [1.82, 2.24) is 0 Å². The molecule has 0 saturated heterocycles. The van der Waals surface area contributed by atoms with Gasteiger partial charge in [-0.05, 0) is 48.0 Å². The minimum absolute atomic E-state index is 0.102. The first-order valence-corrected chi connectivity index (χ1v) is 7.99. The maximum absolute atomic E-state index is 13.8. The quantitative estimate of drug-likeness (QED) is 0.862. The van der Waals surface area contributed by atoms with Crippen LogP contribution in [-0.4, -0.2) is 24.8 Å². The zero-order chi connectivity index (χ0) is 17.1. The molecule has 0 aromatic heterocycles. The van der Waals surface area contributed by atoms with E-state index in [-0.39, 0.29) is 5.69 Å². The molecule has 1 heterocycles. The number of benzene rings is 2. The summed E-state index contributed by atoms with van der Waals surface area (Å²) >= 11 is 3.17. The first-order valence-electron chi connectivity index (χ1n) is 7.20. The predicted molar refractivity (Wildman–Crippen MR) is 91.8 cm³/mol. The summed E-state index contributed by atoms with van der Waals surface area (Å²) in [6, 6.07) is 11.7. The average molecular weight is 393 g/mol. The summed E-state index contributed by atoms with van der Waals surface area (Å²) in [5.74, 6) is -0.228. The summed E-state index contributed by atoms with van der Waals surface area (Å²) in [6.45, 7) is 0. The van der Waals surface area contributed by atoms with E-state index in [9.17, 15) is 9.18 Å². The smallest absolute Gasteiger partial charge is 0.268 e. The summed E-state index contributed by atoms with van der Waals surface area (Å²) in [5.41, 5.74) is 1.61. The van der Waals surface area contributed by atoms with Gasteiger partial charge in [0.05, 0.1) is 18.5 Å². The molecule has 0 spiro atoms. The molecule has 1 N–H and O–H groups in total. The molecule has 1 aliphatic heterocycles. The van der Waals surface area contributed by atoms with Crippen LogP contribution in [0.2, 0.25) is 0 Å². The predicted octanol–water partition coefficient (Wildman–Crippen LogP) is 3.73. The second kappa shape index (κ2) is 7.00. The second-order valence-corrected chi connectivity index (χ2v) is 6.09. The number of amides is 1. The van der Waals surface area contributed by atoms with Crippen molar-refractivity contribution in [3.63, 3.8) is 0 Å². The highest BCUT2D eigenvalue weighted by Crippen LogP contribution is 2.23. The number of hydrogen-bond acceptors (Lipinski definition) is 4. The van der Waals surface area contributed by atoms with Gasteiger partial charge in [-0.15, -0.1) is 0 Å². The Balaban J connectivity index is 1.64. The van der Waals surface area contributed by atoms with Crippen LogP contribution in [0, 0.1) is 5.82 Å². The Morgan fingerprint density at radius 1 is 1.33 bits per heavy atom. The molecule has 2 aromatic carbocycles. The van der Waals surface area contributed by atoms with Gasteiger partial charge in [-0.1, -0.05) is 21.1 Å². The Hall–Kier alpha value is -2.41. The molecule has 0 saturated carbocycles. The van der Waals surface area contributed by atoms with Gasteiger partial charge in [-0.3, -0.25) is 4.79 Å². The number of nitrogens with one attached hydrogen (secondary N) is 1. The third-order valence-corrected chi connectivity index (χ3v) is 4.07. The summed E-state index contributed by atoms with van der Waals surface area (Å²) in [4.78, 5) is 17.4. The summed E-state index contributed by atoms with van der Waals surface area (Å²) in [5, 5.41) is 6.47. The van der Waals surface area contributed by atoms with Crippen molar-refractivity contribution in [1.29, 1.82) is 0 Å². The molecule has 24 heavy (non-hydrogen) atoms. The number of methoxy groups -OCH3 is 1. The van der Waals surface area contributed by atoms with E-state index in [0.29, 0.717) is 16.6 Å². The van der Waals surface area contributed by atoms with E-state index >= 15 is 0 Å². The van der Waals surface area contributed by atoms with Gasteiger partial charge in [0.25, 0.3) is 5.91 Å². The van der Waals surface area contributed by atoms with Crippen molar-refractivity contribution >= 4 is 33.2 Å². The number of nitrogens with zero attached hydrogens (tertiary/aromatic N) is 1. The fourth-order valence-corrected chi connectivity index (χ4v) is 2.61. The number of rotatable bonds is 4. The Labute approximate surface area is 146 Å². The van der Waals surface area contributed by atoms with E-state index in [0.717, 1.165) is 11.3 Å². The van der Waals surface area contributed by atoms with Gasteiger partial charge in [0.1, 0.15) is 11.6 Å². The molecular weight excluding hydrogens is 379 g/mol. The number of ether oxygens (including phenoxy) is 1. The topological polar surface area (TPSA) is 59.9 Å². The van der Waals surface area contributed by atoms with Gasteiger partial charge in [0.15, 0.2) is 0 Å². The van der Waals surface area contributed by atoms with Crippen LogP contribution in [-0.2, 0) is 9.63 Å². The maximum atomic E-state index is 13.8. The van der Waals surface area contributed by atoms with Crippen LogP contribution in [0.15, 0.2) is 52.1 Å². The molecule has 0 radical (unpaired) electrons. The van der Waals surface area contributed by atoms with Crippen LogP contribution < -0.4 is 10.1 Å². The lowest BCUT2D eigenvalue weighted by Gasteiger charge is -2.10. The van der Waals surface area contributed by atoms with Gasteiger partial charge in [-0.2, -0.15) is 0 Å². The third-order valence-electron chi connectivity index (χ3n) is 3.57. The first kappa shape index (κ1) is 16.4. The van der Waals surface area contributed by atoms with Crippen molar-refractivity contribution < 1.29 is 18.8 Å². The van der Waals surface area contributed by atoms with E-state index in [2.05, 4.69) is 26.4 Å². The lowest BCUT2D eigenvalue weighted by atomic mass is 10.0. The third kappa shape index (κ3) is 3.56. The lowest BCUT2D eigenvalue weighted by Crippen LogP contribution is -2.28. The molecular formula is C17H14BrFN2O3. The standard InChI is InChI=1S/C17H14BrFN2O3/c1-23-12-5-2-10(3-6-12)15-9-16(24-21-15)17(22)20-14-7-4-11(18)8-13(14)19/h2-8,16H,9H2,1H3,(H,20,22). The molecule has 3 rings (SSSR count). The number of carbonyl (C=O) groups is 1. The van der Waals surface area contributed by atoms with Crippen LogP contribution in [0.5, 0.6) is 5.75 Å². The molecule has 5 nitrogen and oxygen atoms in total. The largest absolute Gasteiger partial charge is 0.497 e. The van der Waals surface area contributed by atoms with Gasteiger partial charge >= 0.3 is 0 Å². The van der Waals surface area contributed by atoms with E-state index < -0.39 is 17.8 Å². The van der Waals surface area contributed by atoms with Crippen molar-refractivity contribution in [3.8, 4) is 5.75 Å². The number of carbonyl (C=O) groups excluding carboxylic acids is 1. The fraction of sp³-hybridized carbons (Fsp3) is 0.176. The highest BCUT2D eigenvalue weighted by Gasteiger charge is 2.29. The van der Waals surface area contributed by atoms with Crippen LogP contribution in [0.25, 0.3) is 0 Å². The van der Waals surface area contributed by atoms with Gasteiger partial charge in [0, 0.05) is 10.9 Å². The highest BCUT2D eigenvalue weighted by atomic mass is 79.9. The summed E-state index contributed by atoms with van der Waals surface area (Å²) in [6.07, 6.45) is -0.471. The number of halogens is 2. The molecule has 7 heteroatoms. The molecule has 1 amide bonds. The fourth-order valence-electron chi connectivity index (χ4n) is 2.28. The maximum Gasteiger partial charge on any atom is 0.268 e. The molecule has 1 atom stereocenters. The minimum Gasteiger partial charge on any atom is -0.497 e. The molecule has 0 aliphatic carbocycles. The Bertz CT molecular complexity index is 793. The molecule has 0 fully saturated rings. The molecule has 0 bridgehead atoms. The van der Waals surface area contributed by atoms with Crippen molar-refractivity contribution in [3.05, 3.63) is 58.3 Å². The first-order chi connectivity index (χ1) is 11.6. The van der Waals surface area contributed by atoms with Crippen LogP contribution in [0.1, 0.15) is 12.0 Å². The number of anilines is 1. The van der Waals surface area contributed by atoms with E-state index in [1.54, 1.807) is 13.2 Å².